The van der Waals surface area contributed by atoms with Gasteiger partial charge in [-0.05, 0) is 19.1 Å². The van der Waals surface area contributed by atoms with Gasteiger partial charge in [0.15, 0.2) is 0 Å². The average molecular weight is 335 g/mol. The number of amides is 1. The van der Waals surface area contributed by atoms with Crippen LogP contribution in [0.2, 0.25) is 0 Å². The van der Waals surface area contributed by atoms with Crippen molar-refractivity contribution in [2.45, 2.75) is 26.7 Å². The third-order valence-corrected chi connectivity index (χ3v) is 4.05. The highest BCUT2D eigenvalue weighted by Crippen LogP contribution is 2.22. The molecule has 2 heterocycles. The predicted molar refractivity (Wildman–Crippen MR) is 86.4 cm³/mol. The van der Waals surface area contributed by atoms with E-state index in [0.29, 0.717) is 22.2 Å². The molecule has 122 valence electrons. The number of anilines is 1. The van der Waals surface area contributed by atoms with Crippen LogP contribution in [0.1, 0.15) is 46.7 Å². The molecule has 0 aliphatic rings. The van der Waals surface area contributed by atoms with Crippen molar-refractivity contribution in [2.75, 3.05) is 12.4 Å². The zero-order chi connectivity index (χ0) is 17.0. The molecule has 0 unspecified atom stereocenters. The fraction of sp³-hybridized carbons (Fsp3) is 0.333. The first-order valence-electron chi connectivity index (χ1n) is 6.92. The summed E-state index contributed by atoms with van der Waals surface area (Å²) < 4.78 is 10.0. The summed E-state index contributed by atoms with van der Waals surface area (Å²) in [7, 11) is 1.30. The number of aromatic nitrogens is 2. The first-order chi connectivity index (χ1) is 10.9. The van der Waals surface area contributed by atoms with Crippen molar-refractivity contribution < 1.29 is 18.7 Å². The number of carbonyl (C=O) groups excluding carboxylic acids is 2. The lowest BCUT2D eigenvalue weighted by Crippen LogP contribution is -2.07. The Labute approximate surface area is 137 Å². The first-order valence-corrected chi connectivity index (χ1v) is 7.73. The lowest BCUT2D eigenvalue weighted by atomic mass is 10.2. The fourth-order valence-corrected chi connectivity index (χ4v) is 2.47. The van der Waals surface area contributed by atoms with Crippen LogP contribution in [0.3, 0.4) is 0 Å². The van der Waals surface area contributed by atoms with Gasteiger partial charge in [-0.15, -0.1) is 10.2 Å². The van der Waals surface area contributed by atoms with Crippen LogP contribution in [0.25, 0.3) is 6.08 Å². The van der Waals surface area contributed by atoms with Crippen molar-refractivity contribution in [3.63, 3.8) is 0 Å². The summed E-state index contributed by atoms with van der Waals surface area (Å²) in [6.45, 7) is 5.66. The molecule has 0 aliphatic heterocycles. The van der Waals surface area contributed by atoms with Gasteiger partial charge in [-0.2, -0.15) is 0 Å². The van der Waals surface area contributed by atoms with E-state index in [2.05, 4.69) is 20.3 Å². The maximum Gasteiger partial charge on any atom is 0.341 e. The highest BCUT2D eigenvalue weighted by Gasteiger charge is 2.14. The van der Waals surface area contributed by atoms with Crippen molar-refractivity contribution in [3.05, 3.63) is 34.2 Å². The van der Waals surface area contributed by atoms with E-state index >= 15 is 0 Å². The largest absolute Gasteiger partial charge is 0.465 e. The molecule has 1 amide bonds. The van der Waals surface area contributed by atoms with Gasteiger partial charge >= 0.3 is 5.97 Å². The van der Waals surface area contributed by atoms with Crippen LogP contribution in [0.4, 0.5) is 5.13 Å². The number of aryl methyl sites for hydroxylation is 1. The van der Waals surface area contributed by atoms with Gasteiger partial charge < -0.3 is 9.15 Å². The molecule has 8 heteroatoms. The number of hydrogen-bond donors (Lipinski definition) is 1. The second kappa shape index (κ2) is 7.19. The third-order valence-electron chi connectivity index (χ3n) is 2.91. The lowest BCUT2D eigenvalue weighted by molar-refractivity contribution is -0.111. The maximum absolute atomic E-state index is 11.9. The van der Waals surface area contributed by atoms with Gasteiger partial charge in [0, 0.05) is 12.0 Å². The maximum atomic E-state index is 11.9. The standard InChI is InChI=1S/C15H17N3O4S/c1-8(2)13-17-18-15(23-13)16-12(19)6-5-10-7-11(9(3)22-10)14(20)21-4/h5-8H,1-4H3,(H,16,18,19). The second-order valence-corrected chi connectivity index (χ2v) is 6.04. The normalized spacial score (nSPS) is 11.2. The van der Waals surface area contributed by atoms with Crippen LogP contribution in [0.5, 0.6) is 0 Å². The molecular formula is C15H17N3O4S. The van der Waals surface area contributed by atoms with E-state index < -0.39 is 5.97 Å². The molecule has 1 N–H and O–H groups in total. The number of nitrogens with one attached hydrogen (secondary N) is 1. The summed E-state index contributed by atoms with van der Waals surface area (Å²) in [5, 5.41) is 11.8. The molecule has 2 aromatic heterocycles. The SMILES string of the molecule is COC(=O)c1cc(C=CC(=O)Nc2nnc(C(C)C)s2)oc1C. The number of hydrogen-bond acceptors (Lipinski definition) is 7. The summed E-state index contributed by atoms with van der Waals surface area (Å²) in [6, 6.07) is 1.52. The van der Waals surface area contributed by atoms with Crippen LogP contribution >= 0.6 is 11.3 Å². The lowest BCUT2D eigenvalue weighted by Gasteiger charge is -1.95. The van der Waals surface area contributed by atoms with E-state index in [1.807, 2.05) is 13.8 Å². The predicted octanol–water partition coefficient (Wildman–Crippen LogP) is 3.00. The Hall–Kier alpha value is -2.48. The van der Waals surface area contributed by atoms with Crippen molar-refractivity contribution in [1.82, 2.24) is 10.2 Å². The molecule has 0 spiro atoms. The van der Waals surface area contributed by atoms with E-state index in [-0.39, 0.29) is 11.8 Å². The Kier molecular flexibility index (Phi) is 5.28. The van der Waals surface area contributed by atoms with Crippen molar-refractivity contribution in [1.29, 1.82) is 0 Å². The summed E-state index contributed by atoms with van der Waals surface area (Å²) in [4.78, 5) is 23.3. The molecule has 0 saturated heterocycles. The number of nitrogens with zero attached hydrogens (tertiary/aromatic N) is 2. The Balaban J connectivity index is 2.02. The molecule has 0 radical (unpaired) electrons. The summed E-state index contributed by atoms with van der Waals surface area (Å²) in [5.74, 6) is 0.243. The van der Waals surface area contributed by atoms with Crippen molar-refractivity contribution in [2.24, 2.45) is 0 Å². The minimum atomic E-state index is -0.481. The molecule has 7 nitrogen and oxygen atoms in total. The van der Waals surface area contributed by atoms with Gasteiger partial charge in [0.25, 0.3) is 0 Å². The molecule has 0 saturated carbocycles. The van der Waals surface area contributed by atoms with E-state index in [9.17, 15) is 9.59 Å². The third kappa shape index (κ3) is 4.26. The Morgan fingerprint density at radius 3 is 2.74 bits per heavy atom. The van der Waals surface area contributed by atoms with Gasteiger partial charge in [0.2, 0.25) is 11.0 Å². The topological polar surface area (TPSA) is 94.3 Å². The first kappa shape index (κ1) is 16.9. The smallest absolute Gasteiger partial charge is 0.341 e. The minimum Gasteiger partial charge on any atom is -0.465 e. The Morgan fingerprint density at radius 1 is 1.39 bits per heavy atom. The zero-order valence-electron chi connectivity index (χ0n) is 13.2. The van der Waals surface area contributed by atoms with Crippen LogP contribution in [0.15, 0.2) is 16.6 Å². The molecule has 0 aliphatic carbocycles. The summed E-state index contributed by atoms with van der Waals surface area (Å²) in [5.41, 5.74) is 0.332. The van der Waals surface area contributed by atoms with Crippen molar-refractivity contribution in [3.8, 4) is 0 Å². The number of furan rings is 1. The van der Waals surface area contributed by atoms with E-state index in [1.54, 1.807) is 6.92 Å². The summed E-state index contributed by atoms with van der Waals surface area (Å²) >= 11 is 1.33. The molecule has 2 rings (SSSR count). The highest BCUT2D eigenvalue weighted by molar-refractivity contribution is 7.15. The Bertz CT molecular complexity index is 746. The summed E-state index contributed by atoms with van der Waals surface area (Å²) in [6.07, 6.45) is 2.77. The van der Waals surface area contributed by atoms with Crippen molar-refractivity contribution >= 4 is 34.4 Å². The van der Waals surface area contributed by atoms with Crippen LogP contribution in [-0.4, -0.2) is 29.2 Å². The van der Waals surface area contributed by atoms with E-state index in [1.165, 1.54) is 36.7 Å². The second-order valence-electron chi connectivity index (χ2n) is 5.03. The molecule has 2 aromatic rings. The highest BCUT2D eigenvalue weighted by atomic mass is 32.1. The van der Waals surface area contributed by atoms with Crippen LogP contribution in [0, 0.1) is 6.92 Å². The zero-order valence-corrected chi connectivity index (χ0v) is 14.1. The quantitative estimate of drug-likeness (QED) is 0.667. The van der Waals surface area contributed by atoms with Crippen LogP contribution in [-0.2, 0) is 9.53 Å². The number of esters is 1. The minimum absolute atomic E-state index is 0.261. The van der Waals surface area contributed by atoms with Gasteiger partial charge in [-0.1, -0.05) is 25.2 Å². The average Bonchev–Trinajstić information content (AvgIpc) is 3.11. The monoisotopic (exact) mass is 335 g/mol. The molecule has 23 heavy (non-hydrogen) atoms. The number of methoxy groups -OCH3 is 1. The van der Waals surface area contributed by atoms with Gasteiger partial charge in [0.1, 0.15) is 22.1 Å². The van der Waals surface area contributed by atoms with Crippen LogP contribution < -0.4 is 5.32 Å². The number of carbonyl (C=O) groups is 2. The fourth-order valence-electron chi connectivity index (χ4n) is 1.72. The van der Waals surface area contributed by atoms with E-state index in [0.717, 1.165) is 5.01 Å². The van der Waals surface area contributed by atoms with Gasteiger partial charge in [-0.3, -0.25) is 10.1 Å². The number of rotatable bonds is 5. The molecule has 0 atom stereocenters. The molecule has 0 fully saturated rings. The number of ether oxygens (including phenoxy) is 1. The Morgan fingerprint density at radius 2 is 2.13 bits per heavy atom. The molecule has 0 aromatic carbocycles. The molecular weight excluding hydrogens is 318 g/mol. The van der Waals surface area contributed by atoms with Gasteiger partial charge in [-0.25, -0.2) is 4.79 Å². The van der Waals surface area contributed by atoms with E-state index in [4.69, 9.17) is 4.42 Å². The van der Waals surface area contributed by atoms with Gasteiger partial charge in [0.05, 0.1) is 7.11 Å². The molecule has 0 bridgehead atoms.